The zero-order valence-corrected chi connectivity index (χ0v) is 11.4. The van der Waals surface area contributed by atoms with Crippen molar-refractivity contribution in [2.75, 3.05) is 6.54 Å². The van der Waals surface area contributed by atoms with Crippen molar-refractivity contribution in [1.82, 2.24) is 10.2 Å². The fourth-order valence-electron chi connectivity index (χ4n) is 3.42. The molecule has 1 aliphatic carbocycles. The Labute approximate surface area is 117 Å². The van der Waals surface area contributed by atoms with Crippen LogP contribution in [0.5, 0.6) is 0 Å². The third-order valence-corrected chi connectivity index (χ3v) is 4.44. The van der Waals surface area contributed by atoms with Gasteiger partial charge in [-0.1, -0.05) is 13.3 Å². The monoisotopic (exact) mass is 280 g/mol. The third kappa shape index (κ3) is 2.20. The van der Waals surface area contributed by atoms with E-state index in [0.717, 1.165) is 25.3 Å². The third-order valence-electron chi connectivity index (χ3n) is 4.44. The molecule has 108 valence electrons. The quantitative estimate of drug-likeness (QED) is 0.903. The number of benzene rings is 1. The lowest BCUT2D eigenvalue weighted by molar-refractivity contribution is -0.131. The number of nitrogens with one attached hydrogen (secondary N) is 1. The Morgan fingerprint density at radius 3 is 2.75 bits per heavy atom. The molecule has 1 saturated carbocycles. The summed E-state index contributed by atoms with van der Waals surface area (Å²) in [5.41, 5.74) is 0.344. The van der Waals surface area contributed by atoms with E-state index in [2.05, 4.69) is 12.2 Å². The molecule has 2 aliphatic rings. The molecule has 1 aliphatic heterocycles. The van der Waals surface area contributed by atoms with Gasteiger partial charge in [-0.3, -0.25) is 10.1 Å². The average molecular weight is 280 g/mol. The molecule has 3 unspecified atom stereocenters. The summed E-state index contributed by atoms with van der Waals surface area (Å²) in [5.74, 6) is -0.786. The van der Waals surface area contributed by atoms with Crippen molar-refractivity contribution in [1.29, 1.82) is 0 Å². The maximum absolute atomic E-state index is 14.0. The van der Waals surface area contributed by atoms with E-state index in [1.54, 1.807) is 4.90 Å². The van der Waals surface area contributed by atoms with Gasteiger partial charge in [0.1, 0.15) is 17.8 Å². The van der Waals surface area contributed by atoms with E-state index in [-0.39, 0.29) is 18.5 Å². The molecule has 1 aromatic rings. The molecule has 20 heavy (non-hydrogen) atoms. The van der Waals surface area contributed by atoms with Gasteiger partial charge in [0, 0.05) is 17.7 Å². The summed E-state index contributed by atoms with van der Waals surface area (Å²) < 4.78 is 27.0. The molecule has 1 N–H and O–H groups in total. The second kappa shape index (κ2) is 5.13. The van der Waals surface area contributed by atoms with Gasteiger partial charge in [0.15, 0.2) is 0 Å². The van der Waals surface area contributed by atoms with Crippen LogP contribution in [0.15, 0.2) is 18.2 Å². The topological polar surface area (TPSA) is 32.3 Å². The van der Waals surface area contributed by atoms with Gasteiger partial charge in [-0.25, -0.2) is 8.78 Å². The second-order valence-electron chi connectivity index (χ2n) is 5.73. The van der Waals surface area contributed by atoms with E-state index >= 15 is 0 Å². The number of rotatable bonds is 2. The first kappa shape index (κ1) is 13.5. The predicted molar refractivity (Wildman–Crippen MR) is 70.8 cm³/mol. The first-order valence-corrected chi connectivity index (χ1v) is 7.07. The number of amides is 1. The minimum absolute atomic E-state index is 0.00234. The number of nitrogens with zero attached hydrogens (tertiary/aromatic N) is 1. The molecule has 3 nitrogen and oxygen atoms in total. The van der Waals surface area contributed by atoms with Crippen LogP contribution in [0.25, 0.3) is 0 Å². The highest BCUT2D eigenvalue weighted by Gasteiger charge is 2.41. The first-order valence-electron chi connectivity index (χ1n) is 7.07. The summed E-state index contributed by atoms with van der Waals surface area (Å²) in [6.07, 6.45) is 2.66. The van der Waals surface area contributed by atoms with E-state index in [1.165, 1.54) is 12.1 Å². The molecule has 2 fully saturated rings. The Kier molecular flexibility index (Phi) is 3.46. The molecule has 1 aromatic carbocycles. The lowest BCUT2D eigenvalue weighted by Gasteiger charge is -2.33. The zero-order chi connectivity index (χ0) is 14.3. The van der Waals surface area contributed by atoms with E-state index < -0.39 is 17.8 Å². The largest absolute Gasteiger partial charge is 0.318 e. The minimum atomic E-state index is -0.604. The molecule has 1 amide bonds. The second-order valence-corrected chi connectivity index (χ2v) is 5.73. The van der Waals surface area contributed by atoms with Crippen LogP contribution in [0.1, 0.15) is 37.9 Å². The highest BCUT2D eigenvalue weighted by Crippen LogP contribution is 2.36. The number of hydrogen-bond donors (Lipinski definition) is 1. The molecule has 1 heterocycles. The van der Waals surface area contributed by atoms with Crippen LogP contribution in [-0.4, -0.2) is 23.4 Å². The van der Waals surface area contributed by atoms with Gasteiger partial charge in [0.2, 0.25) is 5.91 Å². The van der Waals surface area contributed by atoms with Gasteiger partial charge in [0.25, 0.3) is 0 Å². The molecule has 0 spiro atoms. The van der Waals surface area contributed by atoms with Crippen LogP contribution in [-0.2, 0) is 4.79 Å². The van der Waals surface area contributed by atoms with Gasteiger partial charge >= 0.3 is 0 Å². The van der Waals surface area contributed by atoms with Gasteiger partial charge in [-0.2, -0.15) is 0 Å². The summed E-state index contributed by atoms with van der Waals surface area (Å²) in [5, 5.41) is 3.04. The highest BCUT2D eigenvalue weighted by atomic mass is 19.1. The van der Waals surface area contributed by atoms with Gasteiger partial charge < -0.3 is 4.90 Å². The summed E-state index contributed by atoms with van der Waals surface area (Å²) in [6.45, 7) is 2.34. The predicted octanol–water partition coefficient (Wildman–Crippen LogP) is 2.58. The fraction of sp³-hybridized carbons (Fsp3) is 0.533. The Bertz CT molecular complexity index is 535. The van der Waals surface area contributed by atoms with Crippen LogP contribution in [0.4, 0.5) is 8.78 Å². The lowest BCUT2D eigenvalue weighted by Crippen LogP contribution is -2.41. The molecule has 0 aromatic heterocycles. The lowest BCUT2D eigenvalue weighted by atomic mass is 10.0. The molecular formula is C15H18F2N2O. The van der Waals surface area contributed by atoms with Gasteiger partial charge in [-0.05, 0) is 30.9 Å². The Morgan fingerprint density at radius 1 is 1.30 bits per heavy atom. The van der Waals surface area contributed by atoms with Gasteiger partial charge in [-0.15, -0.1) is 0 Å². The molecular weight excluding hydrogens is 262 g/mol. The number of carbonyl (C=O) groups excluding carboxylic acids is 1. The Balaban J connectivity index is 1.93. The molecule has 0 radical (unpaired) electrons. The Hall–Kier alpha value is -1.49. The van der Waals surface area contributed by atoms with Crippen LogP contribution in [0.2, 0.25) is 0 Å². The van der Waals surface area contributed by atoms with Crippen LogP contribution < -0.4 is 5.32 Å². The first-order chi connectivity index (χ1) is 9.58. The van der Waals surface area contributed by atoms with Crippen molar-refractivity contribution in [2.45, 2.75) is 38.4 Å². The smallest absolute Gasteiger partial charge is 0.238 e. The van der Waals surface area contributed by atoms with E-state index in [4.69, 9.17) is 0 Å². The van der Waals surface area contributed by atoms with Crippen molar-refractivity contribution in [3.05, 3.63) is 35.4 Å². The number of hydrogen-bond acceptors (Lipinski definition) is 2. The molecule has 3 rings (SSSR count). The normalized spacial score (nSPS) is 30.2. The maximum atomic E-state index is 14.0. The summed E-state index contributed by atoms with van der Waals surface area (Å²) in [6, 6.07) is 3.68. The highest BCUT2D eigenvalue weighted by molar-refractivity contribution is 5.81. The van der Waals surface area contributed by atoms with E-state index in [0.29, 0.717) is 11.5 Å². The van der Waals surface area contributed by atoms with Gasteiger partial charge in [0.05, 0.1) is 6.54 Å². The summed E-state index contributed by atoms with van der Waals surface area (Å²) in [7, 11) is 0. The van der Waals surface area contributed by atoms with Crippen molar-refractivity contribution >= 4 is 5.91 Å². The average Bonchev–Trinajstić information content (AvgIpc) is 2.96. The summed E-state index contributed by atoms with van der Waals surface area (Å²) >= 11 is 0. The standard InChI is InChI=1S/C15H18F2N2O/c1-9-3-2-4-13(9)19-14(20)8-18-15(19)11-6-5-10(16)7-12(11)17/h5-7,9,13,15,18H,2-4,8H2,1H3. The van der Waals surface area contributed by atoms with E-state index in [1.807, 2.05) is 0 Å². The summed E-state index contributed by atoms with van der Waals surface area (Å²) in [4.78, 5) is 13.9. The molecule has 0 bridgehead atoms. The van der Waals surface area contributed by atoms with Crippen LogP contribution >= 0.6 is 0 Å². The van der Waals surface area contributed by atoms with Crippen molar-refractivity contribution in [3.63, 3.8) is 0 Å². The number of halogens is 2. The minimum Gasteiger partial charge on any atom is -0.318 e. The van der Waals surface area contributed by atoms with Crippen molar-refractivity contribution in [2.24, 2.45) is 5.92 Å². The molecule has 3 atom stereocenters. The van der Waals surface area contributed by atoms with Crippen molar-refractivity contribution < 1.29 is 13.6 Å². The SMILES string of the molecule is CC1CCCC1N1C(=O)CNC1c1ccc(F)cc1F. The fourth-order valence-corrected chi connectivity index (χ4v) is 3.42. The zero-order valence-electron chi connectivity index (χ0n) is 11.4. The molecule has 1 saturated heterocycles. The van der Waals surface area contributed by atoms with Crippen LogP contribution in [0, 0.1) is 17.6 Å². The van der Waals surface area contributed by atoms with E-state index in [9.17, 15) is 13.6 Å². The maximum Gasteiger partial charge on any atom is 0.238 e. The molecule has 5 heteroatoms. The van der Waals surface area contributed by atoms with Crippen molar-refractivity contribution in [3.8, 4) is 0 Å². The Morgan fingerprint density at radius 2 is 2.10 bits per heavy atom. The van der Waals surface area contributed by atoms with Crippen LogP contribution in [0.3, 0.4) is 0 Å². The number of carbonyl (C=O) groups is 1.